The van der Waals surface area contributed by atoms with Crippen LogP contribution in [0, 0.1) is 0 Å². The summed E-state index contributed by atoms with van der Waals surface area (Å²) >= 11 is 0. The van der Waals surface area contributed by atoms with E-state index in [0.29, 0.717) is 23.0 Å². The largest absolute Gasteiger partial charge is 2.00 e. The molecule has 0 atom stereocenters. The zero-order chi connectivity index (χ0) is 36.3. The fraction of sp³-hybridized carbons (Fsp3) is 0.350. The Labute approximate surface area is 300 Å². The van der Waals surface area contributed by atoms with Crippen molar-refractivity contribution >= 4 is 46.5 Å². The molecule has 0 unspecified atom stereocenters. The van der Waals surface area contributed by atoms with Crippen LogP contribution in [-0.4, -0.2) is 34.6 Å². The molecule has 0 bridgehead atoms. The van der Waals surface area contributed by atoms with Gasteiger partial charge in [0.05, 0.1) is 11.4 Å². The van der Waals surface area contributed by atoms with Crippen molar-refractivity contribution in [1.82, 2.24) is 0 Å². The molecule has 0 saturated carbocycles. The van der Waals surface area contributed by atoms with Gasteiger partial charge in [0.2, 0.25) is 0 Å². The van der Waals surface area contributed by atoms with Gasteiger partial charge in [0.15, 0.2) is 0 Å². The van der Waals surface area contributed by atoms with Crippen LogP contribution in [0.2, 0.25) is 0 Å². The summed E-state index contributed by atoms with van der Waals surface area (Å²) in [6.45, 7) is 18.9. The fourth-order valence-electron chi connectivity index (χ4n) is 4.95. The van der Waals surface area contributed by atoms with Crippen LogP contribution in [0.5, 0.6) is 11.5 Å². The number of carboxylic acids is 2. The van der Waals surface area contributed by atoms with Crippen LogP contribution in [0.1, 0.15) is 126 Å². The number of carboxylic acid groups (broad SMARTS) is 2. The normalized spacial score (nSPS) is 11.1. The van der Waals surface area contributed by atoms with Crippen LogP contribution in [0.4, 0.5) is 11.4 Å². The van der Waals surface area contributed by atoms with E-state index >= 15 is 0 Å². The first kappa shape index (κ1) is 42.5. The average Bonchev–Trinajstić information content (AvgIpc) is 2.98. The predicted octanol–water partition coefficient (Wildman–Crippen LogP) is 7.76. The quantitative estimate of drug-likeness (QED) is 0.179. The van der Waals surface area contributed by atoms with Gasteiger partial charge >= 0.3 is 16.8 Å². The summed E-state index contributed by atoms with van der Waals surface area (Å²) in [5.74, 6) is -0.528. The van der Waals surface area contributed by atoms with Crippen LogP contribution in [0.3, 0.4) is 0 Å². The molecule has 4 aromatic carbocycles. The number of aliphatic carboxylic acids is 2. The number of hydrogen-bond donors (Lipinski definition) is 2. The van der Waals surface area contributed by atoms with Crippen molar-refractivity contribution in [1.29, 1.82) is 0 Å². The second-order valence-corrected chi connectivity index (χ2v) is 12.9. The molecule has 0 fully saturated rings. The van der Waals surface area contributed by atoms with Crippen molar-refractivity contribution < 1.29 is 46.8 Å². The van der Waals surface area contributed by atoms with E-state index in [9.17, 15) is 10.2 Å². The van der Waals surface area contributed by atoms with E-state index in [1.165, 1.54) is 11.1 Å². The number of fused-ring (bicyclic) bond motifs is 1. The summed E-state index contributed by atoms with van der Waals surface area (Å²) in [6, 6.07) is 20.3. The van der Waals surface area contributed by atoms with E-state index < -0.39 is 11.9 Å². The molecule has 4 aromatic rings. The molecule has 2 N–H and O–H groups in total. The molecule has 0 aliphatic heterocycles. The molecule has 0 aliphatic rings. The summed E-state index contributed by atoms with van der Waals surface area (Å²) in [5, 5.41) is 41.8. The van der Waals surface area contributed by atoms with Crippen molar-refractivity contribution in [3.05, 3.63) is 94.0 Å². The van der Waals surface area contributed by atoms with Crippen molar-refractivity contribution in [3.8, 4) is 11.5 Å². The van der Waals surface area contributed by atoms with Gasteiger partial charge < -0.3 is 30.0 Å². The number of benzene rings is 4. The summed E-state index contributed by atoms with van der Waals surface area (Å²) in [7, 11) is 0. The Hall–Kier alpha value is -4.47. The summed E-state index contributed by atoms with van der Waals surface area (Å²) in [6.07, 6.45) is 3.52. The molecule has 0 saturated heterocycles. The molecule has 49 heavy (non-hydrogen) atoms. The Morgan fingerprint density at radius 2 is 0.939 bits per heavy atom. The van der Waals surface area contributed by atoms with Gasteiger partial charge in [-0.05, 0) is 89.4 Å². The van der Waals surface area contributed by atoms with Crippen LogP contribution in [-0.2, 0) is 26.4 Å². The second-order valence-electron chi connectivity index (χ2n) is 12.9. The van der Waals surface area contributed by atoms with Gasteiger partial charge in [-0.2, -0.15) is 0 Å². The SMILES string of the molecule is CC(=O)[O-].CC(=O)[O-].CC(C)c1cc(C=Nc2cccc3cccc(N=Cc4cc(C(C)C)cc(C(C)C)c4O)c23)c(O)c(C(C)C)c1.[Co+2]. The van der Waals surface area contributed by atoms with Crippen molar-refractivity contribution in [3.63, 3.8) is 0 Å². The van der Waals surface area contributed by atoms with E-state index in [-0.39, 0.29) is 40.1 Å². The molecule has 4 rings (SSSR count). The fourth-order valence-corrected chi connectivity index (χ4v) is 4.95. The minimum absolute atomic E-state index is 0. The molecule has 1 radical (unpaired) electrons. The van der Waals surface area contributed by atoms with E-state index in [2.05, 4.69) is 79.7 Å². The summed E-state index contributed by atoms with van der Waals surface area (Å²) in [5.41, 5.74) is 7.18. The first-order valence-electron chi connectivity index (χ1n) is 16.1. The Bertz CT molecular complexity index is 1660. The number of carbonyl (C=O) groups is 2. The van der Waals surface area contributed by atoms with Gasteiger partial charge in [-0.1, -0.05) is 91.8 Å². The van der Waals surface area contributed by atoms with E-state index in [1.807, 2.05) is 36.4 Å². The molecular weight excluding hydrogens is 663 g/mol. The molecular formula is C40H48CoN2O6. The zero-order valence-electron chi connectivity index (χ0n) is 30.0. The molecule has 0 aliphatic carbocycles. The Morgan fingerprint density at radius 1 is 0.612 bits per heavy atom. The maximum atomic E-state index is 11.0. The number of aliphatic imine (C=N–C) groups is 2. The number of nitrogens with zero attached hydrogens (tertiary/aromatic N) is 2. The van der Waals surface area contributed by atoms with Gasteiger partial charge in [0.1, 0.15) is 11.5 Å². The third kappa shape index (κ3) is 12.5. The number of carbonyl (C=O) groups excluding carboxylic acids is 2. The third-order valence-corrected chi connectivity index (χ3v) is 7.51. The van der Waals surface area contributed by atoms with E-state index in [1.54, 1.807) is 12.4 Å². The van der Waals surface area contributed by atoms with Gasteiger partial charge in [-0.15, -0.1) is 0 Å². The van der Waals surface area contributed by atoms with Gasteiger partial charge in [-0.25, -0.2) is 0 Å². The number of phenolic OH excluding ortho intramolecular Hbond substituents is 2. The molecule has 9 heteroatoms. The summed E-state index contributed by atoms with van der Waals surface area (Å²) in [4.78, 5) is 27.5. The molecule has 263 valence electrons. The number of hydrogen-bond acceptors (Lipinski definition) is 8. The second kappa shape index (κ2) is 19.5. The Balaban J connectivity index is 0.00000120. The van der Waals surface area contributed by atoms with Crippen molar-refractivity contribution in [2.75, 3.05) is 0 Å². The smallest absolute Gasteiger partial charge is 0.550 e. The molecule has 0 amide bonds. The molecule has 0 heterocycles. The minimum Gasteiger partial charge on any atom is -0.550 e. The first-order chi connectivity index (χ1) is 22.4. The first-order valence-corrected chi connectivity index (χ1v) is 16.1. The Morgan fingerprint density at radius 3 is 1.22 bits per heavy atom. The topological polar surface area (TPSA) is 145 Å². The van der Waals surface area contributed by atoms with Crippen molar-refractivity contribution in [2.24, 2.45) is 9.98 Å². The maximum absolute atomic E-state index is 11.0. The molecule has 0 spiro atoms. The van der Waals surface area contributed by atoms with E-state index in [4.69, 9.17) is 29.8 Å². The van der Waals surface area contributed by atoms with Crippen LogP contribution >= 0.6 is 0 Å². The minimum atomic E-state index is -1.08. The number of aromatic hydroxyl groups is 2. The van der Waals surface area contributed by atoms with Crippen LogP contribution in [0.15, 0.2) is 70.6 Å². The van der Waals surface area contributed by atoms with Gasteiger partial charge in [-0.3, -0.25) is 9.98 Å². The standard InChI is InChI=1S/C36H42N2O2.2C2H4O2.Co/c1-21(2)26-15-28(35(39)30(17-26)23(5)6)19-37-32-13-9-11-25-12-10-14-33(34(25)32)38-20-29-16-27(22(3)4)18-31(24(7)8)36(29)40;2*1-2(3)4;/h9-24,39-40H,1-8H3;2*1H3,(H,3,4);/q;;;+2/p-2. The van der Waals surface area contributed by atoms with Gasteiger partial charge in [0, 0.05) is 40.9 Å². The van der Waals surface area contributed by atoms with E-state index in [0.717, 1.165) is 47.1 Å². The zero-order valence-corrected chi connectivity index (χ0v) is 31.0. The Kier molecular flexibility index (Phi) is 16.9. The number of rotatable bonds is 8. The molecule has 8 nitrogen and oxygen atoms in total. The average molecular weight is 712 g/mol. The van der Waals surface area contributed by atoms with Crippen LogP contribution in [0.25, 0.3) is 10.8 Å². The summed E-state index contributed by atoms with van der Waals surface area (Å²) < 4.78 is 0. The monoisotopic (exact) mass is 711 g/mol. The number of phenols is 2. The van der Waals surface area contributed by atoms with Crippen molar-refractivity contribution in [2.45, 2.75) is 92.9 Å². The maximum Gasteiger partial charge on any atom is 2.00 e. The van der Waals surface area contributed by atoms with Crippen LogP contribution < -0.4 is 10.2 Å². The molecule has 0 aromatic heterocycles. The third-order valence-electron chi connectivity index (χ3n) is 7.51. The predicted molar refractivity (Wildman–Crippen MR) is 192 cm³/mol. The van der Waals surface area contributed by atoms with Gasteiger partial charge in [0.25, 0.3) is 0 Å².